The number of rotatable bonds is 11. The van der Waals surface area contributed by atoms with E-state index in [9.17, 15) is 18.4 Å². The molecule has 1 amide bonds. The first-order valence-corrected chi connectivity index (χ1v) is 13.3. The van der Waals surface area contributed by atoms with E-state index in [-0.39, 0.29) is 32.9 Å². The number of benzene rings is 2. The van der Waals surface area contributed by atoms with Gasteiger partial charge in [-0.25, -0.2) is 22.9 Å². The Balaban J connectivity index is 1.75. The number of hydrogen-bond acceptors (Lipinski definition) is 6. The summed E-state index contributed by atoms with van der Waals surface area (Å²) >= 11 is 1.02. The van der Waals surface area contributed by atoms with Gasteiger partial charge in [-0.1, -0.05) is 32.9 Å². The van der Waals surface area contributed by atoms with Gasteiger partial charge in [0.15, 0.2) is 5.13 Å². The van der Waals surface area contributed by atoms with E-state index in [1.54, 1.807) is 23.6 Å². The molecule has 0 spiro atoms. The van der Waals surface area contributed by atoms with Gasteiger partial charge in [0, 0.05) is 53.3 Å². The van der Waals surface area contributed by atoms with Gasteiger partial charge in [0.25, 0.3) is 5.91 Å². The van der Waals surface area contributed by atoms with Gasteiger partial charge in [-0.15, -0.1) is 11.3 Å². The van der Waals surface area contributed by atoms with E-state index in [1.165, 1.54) is 14.0 Å². The number of hydrogen-bond donors (Lipinski definition) is 2. The second-order valence-corrected chi connectivity index (χ2v) is 11.2. The van der Waals surface area contributed by atoms with Crippen LogP contribution in [-0.4, -0.2) is 42.3 Å². The van der Waals surface area contributed by atoms with Gasteiger partial charge in [-0.05, 0) is 36.6 Å². The molecule has 2 aromatic carbocycles. The molecule has 0 saturated carbocycles. The average molecular weight is 577 g/mol. The second-order valence-electron chi connectivity index (χ2n) is 10.3. The third-order valence-corrected chi connectivity index (χ3v) is 6.52. The van der Waals surface area contributed by atoms with E-state index < -0.39 is 41.0 Å². The first-order valence-electron chi connectivity index (χ1n) is 12.4. The van der Waals surface area contributed by atoms with Crippen molar-refractivity contribution in [2.75, 3.05) is 25.6 Å². The van der Waals surface area contributed by atoms with Crippen LogP contribution in [0.1, 0.15) is 61.7 Å². The van der Waals surface area contributed by atoms with Crippen LogP contribution in [-0.2, 0) is 14.3 Å². The number of carboxylic acids is 1. The van der Waals surface area contributed by atoms with Gasteiger partial charge in [0.2, 0.25) is 0 Å². The summed E-state index contributed by atoms with van der Waals surface area (Å²) in [6.45, 7) is 8.32. The molecular weight excluding hydrogens is 545 g/mol. The van der Waals surface area contributed by atoms with E-state index in [0.29, 0.717) is 25.2 Å². The molecule has 0 radical (unpaired) electrons. The molecule has 214 valence electrons. The van der Waals surface area contributed by atoms with Gasteiger partial charge in [-0.2, -0.15) is 0 Å². The number of carbonyl (C=O) groups is 2. The number of nitrogens with zero attached hydrogens (tertiary/aromatic N) is 1. The summed E-state index contributed by atoms with van der Waals surface area (Å²) in [6.07, 6.45) is 0.750. The van der Waals surface area contributed by atoms with Crippen LogP contribution in [0.15, 0.2) is 41.3 Å². The van der Waals surface area contributed by atoms with Crippen molar-refractivity contribution in [3.8, 4) is 11.3 Å². The lowest BCUT2D eigenvalue weighted by Gasteiger charge is -2.21. The SMILES string of the molecule is COC(CCOCC(C)(C)C)c1cccc(-c2csc(NC(=O)c3cc(F)c(C=C(C)C(=O)O)c(F)c3)n2)c1F. The molecule has 1 unspecified atom stereocenters. The van der Waals surface area contributed by atoms with Crippen LogP contribution in [0.4, 0.5) is 18.3 Å². The van der Waals surface area contributed by atoms with Crippen LogP contribution >= 0.6 is 11.3 Å². The summed E-state index contributed by atoms with van der Waals surface area (Å²) in [7, 11) is 1.50. The third-order valence-electron chi connectivity index (χ3n) is 5.76. The Morgan fingerprint density at radius 2 is 1.85 bits per heavy atom. The lowest BCUT2D eigenvalue weighted by molar-refractivity contribution is -0.132. The summed E-state index contributed by atoms with van der Waals surface area (Å²) < 4.78 is 55.7. The van der Waals surface area contributed by atoms with E-state index in [0.717, 1.165) is 29.5 Å². The number of thiazole rings is 1. The minimum absolute atomic E-state index is 0.00960. The molecule has 0 bridgehead atoms. The number of ether oxygens (including phenoxy) is 2. The standard InChI is InChI=1S/C29H31F3N2O5S/c1-16(27(36)37)11-20-21(30)12-17(13-22(20)31)26(35)34-28-33-23(14-40-28)18-7-6-8-19(25(18)32)24(38-5)9-10-39-15-29(2,3)4/h6-8,11-14,24H,9-10,15H2,1-5H3,(H,36,37)(H,33,34,35). The predicted octanol–water partition coefficient (Wildman–Crippen LogP) is 7.11. The van der Waals surface area contributed by atoms with Crippen LogP contribution in [0.25, 0.3) is 17.3 Å². The van der Waals surface area contributed by atoms with Crippen molar-refractivity contribution in [2.45, 2.75) is 40.2 Å². The second kappa shape index (κ2) is 13.2. The average Bonchev–Trinajstić information content (AvgIpc) is 3.33. The lowest BCUT2D eigenvalue weighted by Crippen LogP contribution is -2.16. The van der Waals surface area contributed by atoms with Crippen LogP contribution in [0.5, 0.6) is 0 Å². The van der Waals surface area contributed by atoms with E-state index in [4.69, 9.17) is 14.6 Å². The summed E-state index contributed by atoms with van der Waals surface area (Å²) in [6, 6.07) is 6.46. The smallest absolute Gasteiger partial charge is 0.331 e. The molecule has 0 aliphatic rings. The number of halogens is 3. The Hall–Kier alpha value is -3.54. The highest BCUT2D eigenvalue weighted by atomic mass is 32.1. The van der Waals surface area contributed by atoms with Gasteiger partial charge in [-0.3, -0.25) is 10.1 Å². The lowest BCUT2D eigenvalue weighted by atomic mass is 9.98. The number of aliphatic carboxylic acids is 1. The topological polar surface area (TPSA) is 97.8 Å². The highest BCUT2D eigenvalue weighted by Crippen LogP contribution is 2.33. The molecule has 1 atom stereocenters. The highest BCUT2D eigenvalue weighted by Gasteiger charge is 2.21. The number of aromatic nitrogens is 1. The maximum Gasteiger partial charge on any atom is 0.331 e. The summed E-state index contributed by atoms with van der Waals surface area (Å²) in [5.41, 5.74) is -0.353. The zero-order chi connectivity index (χ0) is 29.6. The monoisotopic (exact) mass is 576 g/mol. The minimum Gasteiger partial charge on any atom is -0.478 e. The van der Waals surface area contributed by atoms with E-state index in [1.807, 2.05) is 0 Å². The molecule has 2 N–H and O–H groups in total. The largest absolute Gasteiger partial charge is 0.478 e. The number of anilines is 1. The molecule has 11 heteroatoms. The number of methoxy groups -OCH3 is 1. The Kier molecular flexibility index (Phi) is 10.2. The molecule has 0 aliphatic carbocycles. The third kappa shape index (κ3) is 8.00. The van der Waals surface area contributed by atoms with Crippen molar-refractivity contribution < 1.29 is 37.3 Å². The van der Waals surface area contributed by atoms with Crippen LogP contribution in [0, 0.1) is 22.9 Å². The fraction of sp³-hybridized carbons (Fsp3) is 0.345. The Labute approximate surface area is 234 Å². The molecule has 0 saturated heterocycles. The van der Waals surface area contributed by atoms with Crippen LogP contribution in [0.3, 0.4) is 0 Å². The number of carbonyl (C=O) groups excluding carboxylic acids is 1. The molecule has 0 fully saturated rings. The van der Waals surface area contributed by atoms with Gasteiger partial charge >= 0.3 is 5.97 Å². The van der Waals surface area contributed by atoms with Gasteiger partial charge in [0.1, 0.15) is 17.5 Å². The summed E-state index contributed by atoms with van der Waals surface area (Å²) in [5.74, 6) is -4.88. The number of carboxylic acid groups (broad SMARTS) is 1. The number of nitrogens with one attached hydrogen (secondary N) is 1. The molecule has 3 rings (SSSR count). The molecular formula is C29H31F3N2O5S. The fourth-order valence-corrected chi connectivity index (χ4v) is 4.43. The van der Waals surface area contributed by atoms with Crippen molar-refractivity contribution in [1.82, 2.24) is 4.98 Å². The minimum atomic E-state index is -1.33. The molecule has 7 nitrogen and oxygen atoms in total. The highest BCUT2D eigenvalue weighted by molar-refractivity contribution is 7.14. The van der Waals surface area contributed by atoms with E-state index >= 15 is 4.39 Å². The quantitative estimate of drug-likeness (QED) is 0.187. The van der Waals surface area contributed by atoms with Crippen molar-refractivity contribution in [1.29, 1.82) is 0 Å². The maximum absolute atomic E-state index is 15.5. The number of amides is 1. The van der Waals surface area contributed by atoms with Crippen molar-refractivity contribution in [3.63, 3.8) is 0 Å². The summed E-state index contributed by atoms with van der Waals surface area (Å²) in [4.78, 5) is 27.9. The van der Waals surface area contributed by atoms with Crippen molar-refractivity contribution >= 4 is 34.4 Å². The molecule has 1 aromatic heterocycles. The first kappa shape index (κ1) is 31.0. The van der Waals surface area contributed by atoms with Gasteiger partial charge in [0.05, 0.1) is 18.4 Å². The maximum atomic E-state index is 15.5. The van der Waals surface area contributed by atoms with Crippen LogP contribution < -0.4 is 5.32 Å². The van der Waals surface area contributed by atoms with Crippen LogP contribution in [0.2, 0.25) is 0 Å². The zero-order valence-electron chi connectivity index (χ0n) is 22.8. The normalized spacial score (nSPS) is 12.8. The Bertz CT molecular complexity index is 1390. The predicted molar refractivity (Wildman–Crippen MR) is 148 cm³/mol. The van der Waals surface area contributed by atoms with E-state index in [2.05, 4.69) is 31.1 Å². The molecule has 0 aliphatic heterocycles. The molecule has 1 heterocycles. The first-order chi connectivity index (χ1) is 18.8. The zero-order valence-corrected chi connectivity index (χ0v) is 23.6. The summed E-state index contributed by atoms with van der Waals surface area (Å²) in [5, 5.41) is 13.0. The van der Waals surface area contributed by atoms with Crippen molar-refractivity contribution in [3.05, 3.63) is 75.4 Å². The fourth-order valence-electron chi connectivity index (χ4n) is 3.72. The Morgan fingerprint density at radius 1 is 1.18 bits per heavy atom. The van der Waals surface area contributed by atoms with Gasteiger partial charge < -0.3 is 14.6 Å². The van der Waals surface area contributed by atoms with Crippen molar-refractivity contribution in [2.24, 2.45) is 5.41 Å². The molecule has 3 aromatic rings. The molecule has 40 heavy (non-hydrogen) atoms. The Morgan fingerprint density at radius 3 is 2.45 bits per heavy atom.